The lowest BCUT2D eigenvalue weighted by Crippen LogP contribution is -2.38. The standard InChI is InChI=1S/C9H10N2O6S2/c1-16-8(13)6-9(18-4-10-6)19(14,15)11-5-2-3-17-7(5)12/h4-5,11H,2-3H2,1H3. The maximum Gasteiger partial charge on any atom is 0.358 e. The number of sulfonamides is 1. The van der Waals surface area contributed by atoms with Gasteiger partial charge in [0.1, 0.15) is 6.04 Å². The fraction of sp³-hybridized carbons (Fsp3) is 0.444. The Hall–Kier alpha value is -1.52. The Labute approximate surface area is 112 Å². The van der Waals surface area contributed by atoms with E-state index in [1.807, 2.05) is 0 Å². The van der Waals surface area contributed by atoms with Crippen molar-refractivity contribution in [1.29, 1.82) is 0 Å². The molecule has 0 aliphatic carbocycles. The van der Waals surface area contributed by atoms with Crippen molar-refractivity contribution in [2.45, 2.75) is 16.7 Å². The van der Waals surface area contributed by atoms with Crippen LogP contribution in [0.25, 0.3) is 0 Å². The van der Waals surface area contributed by atoms with Crippen LogP contribution in [0.2, 0.25) is 0 Å². The largest absolute Gasteiger partial charge is 0.464 e. The highest BCUT2D eigenvalue weighted by molar-refractivity contribution is 7.91. The Morgan fingerprint density at radius 2 is 2.37 bits per heavy atom. The molecule has 1 aliphatic rings. The van der Waals surface area contributed by atoms with Gasteiger partial charge in [-0.05, 0) is 0 Å². The summed E-state index contributed by atoms with van der Waals surface area (Å²) in [6.07, 6.45) is 0.254. The summed E-state index contributed by atoms with van der Waals surface area (Å²) in [6.45, 7) is 0.165. The predicted octanol–water partition coefficient (Wildman–Crippen LogP) is -0.477. The first-order valence-electron chi connectivity index (χ1n) is 5.16. The third-order valence-electron chi connectivity index (χ3n) is 2.39. The number of thiazole rings is 1. The van der Waals surface area contributed by atoms with Crippen LogP contribution >= 0.6 is 11.3 Å². The number of cyclic esters (lactones) is 1. The van der Waals surface area contributed by atoms with Gasteiger partial charge in [-0.3, -0.25) is 4.79 Å². The molecule has 10 heteroatoms. The molecule has 19 heavy (non-hydrogen) atoms. The van der Waals surface area contributed by atoms with Crippen LogP contribution < -0.4 is 4.72 Å². The highest BCUT2D eigenvalue weighted by Crippen LogP contribution is 2.22. The van der Waals surface area contributed by atoms with Gasteiger partial charge in [-0.2, -0.15) is 4.72 Å². The van der Waals surface area contributed by atoms with E-state index < -0.39 is 28.0 Å². The maximum absolute atomic E-state index is 12.1. The first-order valence-corrected chi connectivity index (χ1v) is 7.53. The molecule has 1 aromatic rings. The number of hydrogen-bond donors (Lipinski definition) is 1. The quantitative estimate of drug-likeness (QED) is 0.748. The van der Waals surface area contributed by atoms with Crippen LogP contribution in [0.5, 0.6) is 0 Å². The second kappa shape index (κ2) is 5.23. The van der Waals surface area contributed by atoms with Crippen LogP contribution in [0.1, 0.15) is 16.9 Å². The molecule has 1 unspecified atom stereocenters. The highest BCUT2D eigenvalue weighted by Gasteiger charge is 2.34. The lowest BCUT2D eigenvalue weighted by molar-refractivity contribution is -0.139. The fourth-order valence-corrected chi connectivity index (χ4v) is 3.87. The zero-order valence-electron chi connectivity index (χ0n) is 9.78. The lowest BCUT2D eigenvalue weighted by Gasteiger charge is -2.08. The smallest absolute Gasteiger partial charge is 0.358 e. The first kappa shape index (κ1) is 13.9. The number of aromatic nitrogens is 1. The molecule has 2 heterocycles. The Kier molecular flexibility index (Phi) is 3.83. The van der Waals surface area contributed by atoms with E-state index >= 15 is 0 Å². The molecule has 1 aromatic heterocycles. The molecule has 0 aromatic carbocycles. The van der Waals surface area contributed by atoms with Gasteiger partial charge in [-0.15, -0.1) is 11.3 Å². The molecule has 2 rings (SSSR count). The molecular formula is C9H10N2O6S2. The van der Waals surface area contributed by atoms with Crippen LogP contribution in [0.4, 0.5) is 0 Å². The number of nitrogens with one attached hydrogen (secondary N) is 1. The van der Waals surface area contributed by atoms with Crippen molar-refractivity contribution in [3.05, 3.63) is 11.2 Å². The lowest BCUT2D eigenvalue weighted by atomic mass is 10.3. The van der Waals surface area contributed by atoms with Gasteiger partial charge in [0.05, 0.1) is 19.2 Å². The first-order chi connectivity index (χ1) is 8.95. The third kappa shape index (κ3) is 2.74. The number of hydrogen-bond acceptors (Lipinski definition) is 8. The molecule has 104 valence electrons. The average Bonchev–Trinajstić information content (AvgIpc) is 2.98. The van der Waals surface area contributed by atoms with Gasteiger partial charge in [-0.1, -0.05) is 0 Å². The van der Waals surface area contributed by atoms with Crippen LogP contribution in [0.15, 0.2) is 9.72 Å². The minimum Gasteiger partial charge on any atom is -0.464 e. The van der Waals surface area contributed by atoms with Crippen LogP contribution in [0.3, 0.4) is 0 Å². The Morgan fingerprint density at radius 3 is 2.95 bits per heavy atom. The number of nitrogens with zero attached hydrogens (tertiary/aromatic N) is 1. The summed E-state index contributed by atoms with van der Waals surface area (Å²) < 4.78 is 35.2. The summed E-state index contributed by atoms with van der Waals surface area (Å²) in [6, 6.07) is -0.933. The van der Waals surface area contributed by atoms with Crippen molar-refractivity contribution in [2.24, 2.45) is 0 Å². The average molecular weight is 306 g/mol. The summed E-state index contributed by atoms with van der Waals surface area (Å²) in [7, 11) is -2.89. The molecule has 0 spiro atoms. The molecule has 1 fully saturated rings. The monoisotopic (exact) mass is 306 g/mol. The van der Waals surface area contributed by atoms with Crippen molar-refractivity contribution in [3.8, 4) is 0 Å². The molecule has 0 bridgehead atoms. The minimum absolute atomic E-state index is 0.165. The second-order valence-corrected chi connectivity index (χ2v) is 6.37. The molecule has 1 N–H and O–H groups in total. The van der Waals surface area contributed by atoms with Gasteiger partial charge >= 0.3 is 11.9 Å². The topological polar surface area (TPSA) is 112 Å². The molecular weight excluding hydrogens is 296 g/mol. The van der Waals surface area contributed by atoms with Crippen LogP contribution in [0, 0.1) is 0 Å². The van der Waals surface area contributed by atoms with Gasteiger partial charge in [0, 0.05) is 6.42 Å². The van der Waals surface area contributed by atoms with E-state index in [4.69, 9.17) is 0 Å². The zero-order chi connectivity index (χ0) is 14.0. The van der Waals surface area contributed by atoms with E-state index in [9.17, 15) is 18.0 Å². The van der Waals surface area contributed by atoms with Crippen molar-refractivity contribution >= 4 is 33.3 Å². The van der Waals surface area contributed by atoms with Crippen molar-refractivity contribution in [3.63, 3.8) is 0 Å². The van der Waals surface area contributed by atoms with Crippen molar-refractivity contribution < 1.29 is 27.5 Å². The molecule has 1 atom stereocenters. The van der Waals surface area contributed by atoms with Crippen molar-refractivity contribution in [1.82, 2.24) is 9.71 Å². The Balaban J connectivity index is 2.27. The van der Waals surface area contributed by atoms with E-state index in [-0.39, 0.29) is 22.9 Å². The van der Waals surface area contributed by atoms with Crippen LogP contribution in [-0.2, 0) is 24.3 Å². The van der Waals surface area contributed by atoms with Gasteiger partial charge in [-0.25, -0.2) is 18.2 Å². The van der Waals surface area contributed by atoms with E-state index in [0.29, 0.717) is 0 Å². The van der Waals surface area contributed by atoms with Gasteiger partial charge in [0.2, 0.25) is 0 Å². The minimum atomic E-state index is -4.01. The molecule has 8 nitrogen and oxygen atoms in total. The molecule has 1 saturated heterocycles. The number of carbonyl (C=O) groups is 2. The van der Waals surface area contributed by atoms with Gasteiger partial charge in [0.15, 0.2) is 9.90 Å². The summed E-state index contributed by atoms with van der Waals surface area (Å²) in [5, 5.41) is 0. The Morgan fingerprint density at radius 1 is 1.63 bits per heavy atom. The molecule has 1 aliphatic heterocycles. The normalized spacial score (nSPS) is 19.2. The second-order valence-electron chi connectivity index (χ2n) is 3.61. The number of carbonyl (C=O) groups excluding carboxylic acids is 2. The van der Waals surface area contributed by atoms with Gasteiger partial charge in [0.25, 0.3) is 10.0 Å². The molecule has 0 amide bonds. The van der Waals surface area contributed by atoms with E-state index in [0.717, 1.165) is 18.4 Å². The molecule has 0 saturated carbocycles. The summed E-state index contributed by atoms with van der Waals surface area (Å²) in [5.41, 5.74) is 0.916. The third-order valence-corrected chi connectivity index (χ3v) is 5.23. The number of ether oxygens (including phenoxy) is 2. The van der Waals surface area contributed by atoms with Gasteiger partial charge < -0.3 is 9.47 Å². The summed E-state index contributed by atoms with van der Waals surface area (Å²) in [4.78, 5) is 26.3. The van der Waals surface area contributed by atoms with Crippen LogP contribution in [-0.4, -0.2) is 45.1 Å². The maximum atomic E-state index is 12.1. The SMILES string of the molecule is COC(=O)c1ncsc1S(=O)(=O)NC1CCOC1=O. The zero-order valence-corrected chi connectivity index (χ0v) is 11.4. The predicted molar refractivity (Wildman–Crippen MR) is 63.1 cm³/mol. The van der Waals surface area contributed by atoms with E-state index in [2.05, 4.69) is 19.2 Å². The summed E-state index contributed by atoms with van der Waals surface area (Å²) in [5.74, 6) is -1.48. The molecule has 0 radical (unpaired) electrons. The Bertz CT molecular complexity index is 608. The van der Waals surface area contributed by atoms with E-state index in [1.54, 1.807) is 0 Å². The fourth-order valence-electron chi connectivity index (χ4n) is 1.50. The number of methoxy groups -OCH3 is 1. The van der Waals surface area contributed by atoms with Crippen molar-refractivity contribution in [2.75, 3.05) is 13.7 Å². The van der Waals surface area contributed by atoms with E-state index in [1.165, 1.54) is 5.51 Å². The number of esters is 2. The number of rotatable bonds is 4. The highest BCUT2D eigenvalue weighted by atomic mass is 32.2. The summed E-state index contributed by atoms with van der Waals surface area (Å²) >= 11 is 0.770.